The van der Waals surface area contributed by atoms with Crippen molar-refractivity contribution in [2.75, 3.05) is 19.8 Å². The lowest BCUT2D eigenvalue weighted by atomic mass is 10.0. The lowest BCUT2D eigenvalue weighted by Crippen LogP contribution is -2.46. The lowest BCUT2D eigenvalue weighted by Gasteiger charge is -2.27. The second-order valence-electron chi connectivity index (χ2n) is 7.15. The first-order chi connectivity index (χ1) is 13.9. The van der Waals surface area contributed by atoms with Gasteiger partial charge in [0, 0.05) is 17.8 Å². The molecular formula is C24H26N2O2. The van der Waals surface area contributed by atoms with Crippen molar-refractivity contribution in [2.45, 2.75) is 25.5 Å². The Bertz CT molecular complexity index is 879. The van der Waals surface area contributed by atoms with E-state index in [-0.39, 0.29) is 0 Å². The van der Waals surface area contributed by atoms with E-state index in [1.54, 1.807) is 6.20 Å². The molecule has 0 saturated carbocycles. The predicted octanol–water partition coefficient (Wildman–Crippen LogP) is 4.25. The van der Waals surface area contributed by atoms with Crippen LogP contribution >= 0.6 is 0 Å². The zero-order valence-corrected chi connectivity index (χ0v) is 16.0. The summed E-state index contributed by atoms with van der Waals surface area (Å²) in [4.78, 5) is 4.35. The number of aromatic nitrogens is 1. The molecule has 1 saturated heterocycles. The first-order valence-corrected chi connectivity index (χ1v) is 9.89. The van der Waals surface area contributed by atoms with Gasteiger partial charge in [-0.15, -0.1) is 0 Å². The number of pyridine rings is 1. The summed E-state index contributed by atoms with van der Waals surface area (Å²) in [7, 11) is 0. The fourth-order valence-corrected chi connectivity index (χ4v) is 3.20. The van der Waals surface area contributed by atoms with Crippen LogP contribution < -0.4 is 10.1 Å². The number of hydrogen-bond acceptors (Lipinski definition) is 4. The molecule has 0 amide bonds. The second kappa shape index (κ2) is 9.49. The van der Waals surface area contributed by atoms with Crippen LogP contribution in [0.1, 0.15) is 17.5 Å². The first-order valence-electron chi connectivity index (χ1n) is 9.89. The van der Waals surface area contributed by atoms with Crippen molar-refractivity contribution in [2.24, 2.45) is 0 Å². The molecule has 144 valence electrons. The Balaban J connectivity index is 1.32. The van der Waals surface area contributed by atoms with Crippen LogP contribution in [0.15, 0.2) is 73.1 Å². The first kappa shape index (κ1) is 18.7. The van der Waals surface area contributed by atoms with Crippen LogP contribution in [0.4, 0.5) is 0 Å². The van der Waals surface area contributed by atoms with Crippen LogP contribution in [0.25, 0.3) is 11.1 Å². The number of nitrogens with one attached hydrogen (secondary N) is 1. The number of nitrogens with zero attached hydrogens (tertiary/aromatic N) is 1. The fraction of sp³-hybridized carbons (Fsp3) is 0.292. The van der Waals surface area contributed by atoms with Gasteiger partial charge in [0.15, 0.2) is 0 Å². The maximum atomic E-state index is 5.88. The van der Waals surface area contributed by atoms with Crippen LogP contribution in [-0.2, 0) is 17.8 Å². The molecule has 0 bridgehead atoms. The van der Waals surface area contributed by atoms with Gasteiger partial charge in [0.25, 0.3) is 0 Å². The summed E-state index contributed by atoms with van der Waals surface area (Å²) in [6.45, 7) is 3.14. The van der Waals surface area contributed by atoms with Crippen LogP contribution in [-0.4, -0.2) is 30.8 Å². The molecule has 1 aliphatic rings. The Labute approximate surface area is 166 Å². The molecule has 4 rings (SSSR count). The molecule has 28 heavy (non-hydrogen) atoms. The summed E-state index contributed by atoms with van der Waals surface area (Å²) in [6, 6.07) is 21.4. The Morgan fingerprint density at radius 3 is 2.61 bits per heavy atom. The Hall–Kier alpha value is -2.69. The van der Waals surface area contributed by atoms with Gasteiger partial charge in [0.1, 0.15) is 12.4 Å². The molecule has 0 aliphatic carbocycles. The number of benzene rings is 2. The monoisotopic (exact) mass is 374 g/mol. The van der Waals surface area contributed by atoms with E-state index < -0.39 is 0 Å². The van der Waals surface area contributed by atoms with Crippen molar-refractivity contribution in [1.82, 2.24) is 10.3 Å². The van der Waals surface area contributed by atoms with Gasteiger partial charge in [-0.05, 0) is 42.1 Å². The number of ether oxygens (including phenoxy) is 2. The van der Waals surface area contributed by atoms with Crippen molar-refractivity contribution in [1.29, 1.82) is 0 Å². The van der Waals surface area contributed by atoms with E-state index in [1.807, 2.05) is 24.4 Å². The van der Waals surface area contributed by atoms with Gasteiger partial charge in [-0.3, -0.25) is 4.98 Å². The topological polar surface area (TPSA) is 43.4 Å². The Morgan fingerprint density at radius 2 is 1.79 bits per heavy atom. The molecule has 4 heteroatoms. The third-order valence-corrected chi connectivity index (χ3v) is 5.00. The highest BCUT2D eigenvalue weighted by Gasteiger charge is 2.16. The molecule has 4 nitrogen and oxygen atoms in total. The summed E-state index contributed by atoms with van der Waals surface area (Å²) >= 11 is 0. The average molecular weight is 374 g/mol. The minimum atomic E-state index is 0.475. The van der Waals surface area contributed by atoms with E-state index in [0.717, 1.165) is 29.8 Å². The van der Waals surface area contributed by atoms with Crippen LogP contribution in [0, 0.1) is 0 Å². The predicted molar refractivity (Wildman–Crippen MR) is 111 cm³/mol. The highest BCUT2D eigenvalue weighted by molar-refractivity contribution is 5.64. The van der Waals surface area contributed by atoms with E-state index in [0.29, 0.717) is 25.9 Å². The van der Waals surface area contributed by atoms with Gasteiger partial charge in [-0.25, -0.2) is 0 Å². The van der Waals surface area contributed by atoms with E-state index in [2.05, 4.69) is 52.8 Å². The zero-order valence-electron chi connectivity index (χ0n) is 16.0. The van der Waals surface area contributed by atoms with E-state index >= 15 is 0 Å². The highest BCUT2D eigenvalue weighted by atomic mass is 16.5. The van der Waals surface area contributed by atoms with E-state index in [4.69, 9.17) is 9.47 Å². The molecule has 3 aromatic rings. The standard InChI is InChI=1S/C24H26N2O2/c1-2-5-20(6-3-1)17-27-12-10-19-7-4-8-21(13-19)22-14-24(16-25-15-22)28-18-23-9-11-26-23/h1-8,13-16,23,26H,9-12,17-18H2. The largest absolute Gasteiger partial charge is 0.490 e. The fourth-order valence-electron chi connectivity index (χ4n) is 3.20. The summed E-state index contributed by atoms with van der Waals surface area (Å²) < 4.78 is 11.7. The summed E-state index contributed by atoms with van der Waals surface area (Å²) in [6.07, 6.45) is 5.74. The third kappa shape index (κ3) is 5.18. The van der Waals surface area contributed by atoms with Gasteiger partial charge in [-0.2, -0.15) is 0 Å². The maximum Gasteiger partial charge on any atom is 0.138 e. The Kier molecular flexibility index (Phi) is 6.32. The zero-order chi connectivity index (χ0) is 19.0. The van der Waals surface area contributed by atoms with Crippen LogP contribution in [0.2, 0.25) is 0 Å². The number of hydrogen-bond donors (Lipinski definition) is 1. The number of rotatable bonds is 9. The second-order valence-corrected chi connectivity index (χ2v) is 7.15. The van der Waals surface area contributed by atoms with Gasteiger partial charge >= 0.3 is 0 Å². The summed E-state index contributed by atoms with van der Waals surface area (Å²) in [5.74, 6) is 0.822. The molecular weight excluding hydrogens is 348 g/mol. The van der Waals surface area contributed by atoms with E-state index in [1.165, 1.54) is 17.5 Å². The molecule has 1 unspecified atom stereocenters. The normalized spacial score (nSPS) is 15.8. The quantitative estimate of drug-likeness (QED) is 0.569. The lowest BCUT2D eigenvalue weighted by molar-refractivity contribution is 0.124. The maximum absolute atomic E-state index is 5.88. The van der Waals surface area contributed by atoms with Crippen molar-refractivity contribution >= 4 is 0 Å². The molecule has 0 spiro atoms. The molecule has 2 aromatic carbocycles. The van der Waals surface area contributed by atoms with Gasteiger partial charge < -0.3 is 14.8 Å². The van der Waals surface area contributed by atoms with Crippen molar-refractivity contribution in [3.8, 4) is 16.9 Å². The minimum Gasteiger partial charge on any atom is -0.490 e. The summed E-state index contributed by atoms with van der Waals surface area (Å²) in [5.41, 5.74) is 4.69. The van der Waals surface area contributed by atoms with Crippen LogP contribution in [0.3, 0.4) is 0 Å². The van der Waals surface area contributed by atoms with Crippen molar-refractivity contribution < 1.29 is 9.47 Å². The Morgan fingerprint density at radius 1 is 0.929 bits per heavy atom. The third-order valence-electron chi connectivity index (χ3n) is 5.00. The van der Waals surface area contributed by atoms with Gasteiger partial charge in [0.05, 0.1) is 19.4 Å². The minimum absolute atomic E-state index is 0.475. The molecule has 1 atom stereocenters. The van der Waals surface area contributed by atoms with Crippen LogP contribution in [0.5, 0.6) is 5.75 Å². The smallest absolute Gasteiger partial charge is 0.138 e. The SMILES string of the molecule is c1ccc(COCCc2cccc(-c3cncc(OCC4CCN4)c3)c2)cc1. The molecule has 1 N–H and O–H groups in total. The average Bonchev–Trinajstić information content (AvgIpc) is 2.71. The molecule has 1 fully saturated rings. The molecule has 1 aromatic heterocycles. The molecule has 1 aliphatic heterocycles. The van der Waals surface area contributed by atoms with Crippen molar-refractivity contribution in [3.05, 3.63) is 84.2 Å². The molecule has 2 heterocycles. The highest BCUT2D eigenvalue weighted by Crippen LogP contribution is 2.24. The van der Waals surface area contributed by atoms with E-state index in [9.17, 15) is 0 Å². The van der Waals surface area contributed by atoms with Gasteiger partial charge in [0.2, 0.25) is 0 Å². The molecule has 0 radical (unpaired) electrons. The van der Waals surface area contributed by atoms with Crippen molar-refractivity contribution in [3.63, 3.8) is 0 Å². The van der Waals surface area contributed by atoms with Gasteiger partial charge in [-0.1, -0.05) is 54.6 Å². The summed E-state index contributed by atoms with van der Waals surface area (Å²) in [5, 5.41) is 3.35.